The second-order valence-electron chi connectivity index (χ2n) is 3.29. The van der Waals surface area contributed by atoms with Crippen LogP contribution in [0.1, 0.15) is 24.8 Å². The summed E-state index contributed by atoms with van der Waals surface area (Å²) in [5.41, 5.74) is 6.35. The Bertz CT molecular complexity index is 235. The van der Waals surface area contributed by atoms with E-state index < -0.39 is 6.17 Å². The molecule has 0 spiro atoms. The molecule has 13 heavy (non-hydrogen) atoms. The first kappa shape index (κ1) is 10.2. The molecule has 2 heteroatoms. The molecular formula is C11H16FN. The first-order valence-electron chi connectivity index (χ1n) is 4.64. The number of nitrogens with two attached hydrogens (primary N) is 1. The average Bonchev–Trinajstić information content (AvgIpc) is 2.18. The molecule has 0 amide bonds. The minimum absolute atomic E-state index is 0.0512. The molecule has 0 radical (unpaired) electrons. The Labute approximate surface area is 78.8 Å². The van der Waals surface area contributed by atoms with Crippen LogP contribution in [0, 0.1) is 0 Å². The molecule has 2 atom stereocenters. The number of hydrogen-bond acceptors (Lipinski definition) is 1. The van der Waals surface area contributed by atoms with E-state index in [9.17, 15) is 4.39 Å². The quantitative estimate of drug-likeness (QED) is 0.758. The first-order chi connectivity index (χ1) is 6.25. The van der Waals surface area contributed by atoms with E-state index in [4.69, 9.17) is 5.73 Å². The monoisotopic (exact) mass is 181 g/mol. The van der Waals surface area contributed by atoms with Crippen molar-refractivity contribution in [2.45, 2.75) is 25.4 Å². The summed E-state index contributed by atoms with van der Waals surface area (Å²) in [6.07, 6.45) is -0.386. The summed E-state index contributed by atoms with van der Waals surface area (Å²) in [6, 6.07) is 9.70. The molecule has 0 aliphatic rings. The molecule has 0 unspecified atom stereocenters. The van der Waals surface area contributed by atoms with Gasteiger partial charge >= 0.3 is 0 Å². The maximum Gasteiger partial charge on any atom is 0.108 e. The van der Waals surface area contributed by atoms with E-state index in [1.807, 2.05) is 37.3 Å². The highest BCUT2D eigenvalue weighted by Crippen LogP contribution is 2.22. The van der Waals surface area contributed by atoms with Crippen LogP contribution in [0.2, 0.25) is 0 Å². The molecule has 0 saturated carbocycles. The van der Waals surface area contributed by atoms with Crippen LogP contribution < -0.4 is 5.73 Å². The van der Waals surface area contributed by atoms with Crippen molar-refractivity contribution in [2.24, 2.45) is 5.73 Å². The predicted octanol–water partition coefficient (Wildman–Crippen LogP) is 2.48. The molecule has 0 aliphatic heterocycles. The van der Waals surface area contributed by atoms with Crippen molar-refractivity contribution in [1.29, 1.82) is 0 Å². The van der Waals surface area contributed by atoms with Gasteiger partial charge in [-0.15, -0.1) is 0 Å². The van der Waals surface area contributed by atoms with Gasteiger partial charge in [0.05, 0.1) is 0 Å². The van der Waals surface area contributed by atoms with Crippen molar-refractivity contribution >= 4 is 0 Å². The number of alkyl halides is 1. The van der Waals surface area contributed by atoms with Crippen molar-refractivity contribution in [2.75, 3.05) is 6.54 Å². The third-order valence-electron chi connectivity index (χ3n) is 2.31. The maximum absolute atomic E-state index is 13.4. The zero-order valence-corrected chi connectivity index (χ0v) is 7.91. The largest absolute Gasteiger partial charge is 0.330 e. The van der Waals surface area contributed by atoms with E-state index in [1.54, 1.807) is 0 Å². The fourth-order valence-electron chi connectivity index (χ4n) is 1.37. The van der Waals surface area contributed by atoms with Crippen molar-refractivity contribution in [3.8, 4) is 0 Å². The van der Waals surface area contributed by atoms with Crippen LogP contribution in [0.15, 0.2) is 30.3 Å². The van der Waals surface area contributed by atoms with Crippen LogP contribution in [0.25, 0.3) is 0 Å². The SMILES string of the molecule is C[C@H](c1ccccc1)[C@@H](F)CCN. The highest BCUT2D eigenvalue weighted by atomic mass is 19.1. The van der Waals surface area contributed by atoms with Crippen LogP contribution in [-0.4, -0.2) is 12.7 Å². The lowest BCUT2D eigenvalue weighted by atomic mass is 9.95. The van der Waals surface area contributed by atoms with Crippen molar-refractivity contribution in [1.82, 2.24) is 0 Å². The van der Waals surface area contributed by atoms with E-state index in [0.717, 1.165) is 5.56 Å². The second kappa shape index (κ2) is 4.97. The molecule has 1 aromatic carbocycles. The number of hydrogen-bond donors (Lipinski definition) is 1. The normalized spacial score (nSPS) is 15.3. The molecule has 0 aromatic heterocycles. The van der Waals surface area contributed by atoms with Gasteiger partial charge in [0.25, 0.3) is 0 Å². The van der Waals surface area contributed by atoms with Gasteiger partial charge in [-0.05, 0) is 18.5 Å². The summed E-state index contributed by atoms with van der Waals surface area (Å²) in [5, 5.41) is 0. The van der Waals surface area contributed by atoms with Gasteiger partial charge in [0, 0.05) is 5.92 Å². The van der Waals surface area contributed by atoms with Gasteiger partial charge in [-0.1, -0.05) is 37.3 Å². The van der Waals surface area contributed by atoms with E-state index in [1.165, 1.54) is 0 Å². The van der Waals surface area contributed by atoms with Gasteiger partial charge < -0.3 is 5.73 Å². The fourth-order valence-corrected chi connectivity index (χ4v) is 1.37. The van der Waals surface area contributed by atoms with Gasteiger partial charge in [0.1, 0.15) is 6.17 Å². The summed E-state index contributed by atoms with van der Waals surface area (Å²) in [4.78, 5) is 0. The van der Waals surface area contributed by atoms with Crippen LogP contribution in [0.4, 0.5) is 4.39 Å². The van der Waals surface area contributed by atoms with Crippen LogP contribution in [0.5, 0.6) is 0 Å². The molecule has 2 N–H and O–H groups in total. The van der Waals surface area contributed by atoms with Gasteiger partial charge in [-0.3, -0.25) is 0 Å². The minimum atomic E-state index is -0.826. The van der Waals surface area contributed by atoms with Crippen molar-refractivity contribution in [3.05, 3.63) is 35.9 Å². The lowest BCUT2D eigenvalue weighted by molar-refractivity contribution is 0.278. The van der Waals surface area contributed by atoms with Crippen LogP contribution in [-0.2, 0) is 0 Å². The lowest BCUT2D eigenvalue weighted by Crippen LogP contribution is -2.15. The Morgan fingerprint density at radius 3 is 2.46 bits per heavy atom. The van der Waals surface area contributed by atoms with Gasteiger partial charge in [-0.2, -0.15) is 0 Å². The third kappa shape index (κ3) is 2.81. The number of halogens is 1. The van der Waals surface area contributed by atoms with Crippen LogP contribution in [0.3, 0.4) is 0 Å². The highest BCUT2D eigenvalue weighted by Gasteiger charge is 2.16. The van der Waals surface area contributed by atoms with E-state index in [0.29, 0.717) is 13.0 Å². The Morgan fingerprint density at radius 2 is 1.92 bits per heavy atom. The Hall–Kier alpha value is -0.890. The van der Waals surface area contributed by atoms with E-state index in [2.05, 4.69) is 0 Å². The highest BCUT2D eigenvalue weighted by molar-refractivity contribution is 5.19. The Balaban J connectivity index is 2.62. The second-order valence-corrected chi connectivity index (χ2v) is 3.29. The summed E-state index contributed by atoms with van der Waals surface area (Å²) in [7, 11) is 0. The topological polar surface area (TPSA) is 26.0 Å². The van der Waals surface area contributed by atoms with Crippen LogP contribution >= 0.6 is 0 Å². The fraction of sp³-hybridized carbons (Fsp3) is 0.455. The molecule has 0 fully saturated rings. The Morgan fingerprint density at radius 1 is 1.31 bits per heavy atom. The lowest BCUT2D eigenvalue weighted by Gasteiger charge is -2.15. The molecule has 0 heterocycles. The van der Waals surface area contributed by atoms with Gasteiger partial charge in [-0.25, -0.2) is 4.39 Å². The molecule has 1 aromatic rings. The molecule has 0 bridgehead atoms. The molecule has 0 saturated heterocycles. The average molecular weight is 181 g/mol. The predicted molar refractivity (Wildman–Crippen MR) is 53.4 cm³/mol. The Kier molecular flexibility index (Phi) is 3.90. The molecule has 72 valence electrons. The molecular weight excluding hydrogens is 165 g/mol. The van der Waals surface area contributed by atoms with Crippen molar-refractivity contribution < 1.29 is 4.39 Å². The van der Waals surface area contributed by atoms with E-state index >= 15 is 0 Å². The van der Waals surface area contributed by atoms with Crippen molar-refractivity contribution in [3.63, 3.8) is 0 Å². The van der Waals surface area contributed by atoms with E-state index in [-0.39, 0.29) is 5.92 Å². The summed E-state index contributed by atoms with van der Waals surface area (Å²) in [5.74, 6) is -0.0512. The number of benzene rings is 1. The third-order valence-corrected chi connectivity index (χ3v) is 2.31. The minimum Gasteiger partial charge on any atom is -0.330 e. The maximum atomic E-state index is 13.4. The summed E-state index contributed by atoms with van der Waals surface area (Å²) < 4.78 is 13.4. The zero-order valence-electron chi connectivity index (χ0n) is 7.91. The summed E-state index contributed by atoms with van der Waals surface area (Å²) in [6.45, 7) is 2.31. The molecule has 1 rings (SSSR count). The standard InChI is InChI=1S/C11H16FN/c1-9(11(12)7-8-13)10-5-3-2-4-6-10/h2-6,9,11H,7-8,13H2,1H3/t9-,11+/m1/s1. The first-order valence-corrected chi connectivity index (χ1v) is 4.64. The van der Waals surface area contributed by atoms with Gasteiger partial charge in [0.2, 0.25) is 0 Å². The number of rotatable bonds is 4. The zero-order chi connectivity index (χ0) is 9.68. The smallest absolute Gasteiger partial charge is 0.108 e. The summed E-state index contributed by atoms with van der Waals surface area (Å²) >= 11 is 0. The van der Waals surface area contributed by atoms with Gasteiger partial charge in [0.15, 0.2) is 0 Å². The molecule has 0 aliphatic carbocycles. The molecule has 1 nitrogen and oxygen atoms in total.